The monoisotopic (exact) mass is 518 g/mol. The van der Waals surface area contributed by atoms with Gasteiger partial charge in [0.15, 0.2) is 0 Å². The molecule has 0 bridgehead atoms. The highest BCUT2D eigenvalue weighted by Crippen LogP contribution is 2.50. The molecule has 0 atom stereocenters. The van der Waals surface area contributed by atoms with E-state index in [1.54, 1.807) is 0 Å². The molecule has 2 heterocycles. The fourth-order valence-corrected chi connectivity index (χ4v) is 6.46. The zero-order valence-electron chi connectivity index (χ0n) is 23.2. The minimum atomic E-state index is 0.508. The van der Waals surface area contributed by atoms with Crippen LogP contribution in [0.4, 0.5) is 0 Å². The zero-order valence-corrected chi connectivity index (χ0v) is 23.2. The third-order valence-electron chi connectivity index (χ3n) is 8.68. The number of hydrogen-bond acceptors (Lipinski definition) is 2. The van der Waals surface area contributed by atoms with Crippen molar-refractivity contribution in [2.45, 2.75) is 39.5 Å². The summed E-state index contributed by atoms with van der Waals surface area (Å²) < 4.78 is 13.2. The molecule has 0 aromatic heterocycles. The molecule has 40 heavy (non-hydrogen) atoms. The van der Waals surface area contributed by atoms with Crippen LogP contribution in [0.3, 0.4) is 0 Å². The second kappa shape index (κ2) is 8.47. The Morgan fingerprint density at radius 2 is 0.775 bits per heavy atom. The molecule has 194 valence electrons. The second-order valence-corrected chi connectivity index (χ2v) is 11.7. The van der Waals surface area contributed by atoms with E-state index in [1.807, 2.05) is 0 Å². The highest BCUT2D eigenvalue weighted by atomic mass is 16.3. The first-order chi connectivity index (χ1) is 19.5. The summed E-state index contributed by atoms with van der Waals surface area (Å²) in [6.45, 7) is 8.93. The first-order valence-electron chi connectivity index (χ1n) is 14.2. The van der Waals surface area contributed by atoms with E-state index in [0.717, 1.165) is 44.2 Å². The van der Waals surface area contributed by atoms with Gasteiger partial charge in [-0.2, -0.15) is 0 Å². The largest absolute Gasteiger partial charge is 0.456 e. The molecule has 0 saturated heterocycles. The van der Waals surface area contributed by atoms with Crippen LogP contribution in [0, 0.1) is 0 Å². The molecule has 0 amide bonds. The molecular formula is C38H30O2. The number of hydrogen-bond donors (Lipinski definition) is 0. The van der Waals surface area contributed by atoms with Crippen molar-refractivity contribution in [2.75, 3.05) is 0 Å². The van der Waals surface area contributed by atoms with Crippen molar-refractivity contribution in [1.29, 1.82) is 0 Å². The Labute approximate surface area is 233 Å². The van der Waals surface area contributed by atoms with Crippen molar-refractivity contribution < 1.29 is 8.83 Å². The third kappa shape index (κ3) is 3.29. The highest BCUT2D eigenvalue weighted by Gasteiger charge is 2.26. The Balaban J connectivity index is 1.40. The summed E-state index contributed by atoms with van der Waals surface area (Å²) in [7, 11) is 0. The molecule has 0 radical (unpaired) electrons. The summed E-state index contributed by atoms with van der Waals surface area (Å²) in [6.07, 6.45) is 0. The average molecular weight is 519 g/mol. The molecule has 0 fully saturated rings. The minimum Gasteiger partial charge on any atom is -0.456 e. The van der Waals surface area contributed by atoms with Crippen molar-refractivity contribution in [3.8, 4) is 33.4 Å². The van der Waals surface area contributed by atoms with Gasteiger partial charge in [0.2, 0.25) is 0 Å². The van der Waals surface area contributed by atoms with E-state index in [1.165, 1.54) is 44.2 Å². The van der Waals surface area contributed by atoms with Crippen LogP contribution in [-0.4, -0.2) is 0 Å². The summed E-state index contributed by atoms with van der Waals surface area (Å²) in [5, 5.41) is 4.62. The molecule has 6 aromatic carbocycles. The Bertz CT molecular complexity index is 1980. The summed E-state index contributed by atoms with van der Waals surface area (Å²) in [5.41, 5.74) is 13.4. The van der Waals surface area contributed by atoms with Gasteiger partial charge in [-0.3, -0.25) is 0 Å². The molecule has 0 N–H and O–H groups in total. The predicted molar refractivity (Wildman–Crippen MR) is 168 cm³/mol. The van der Waals surface area contributed by atoms with Gasteiger partial charge in [0.1, 0.15) is 22.3 Å². The molecule has 2 aliphatic rings. The molecule has 2 nitrogen and oxygen atoms in total. The fourth-order valence-electron chi connectivity index (χ4n) is 6.46. The van der Waals surface area contributed by atoms with Crippen molar-refractivity contribution in [2.24, 2.45) is 0 Å². The van der Waals surface area contributed by atoms with Crippen molar-refractivity contribution in [1.82, 2.24) is 0 Å². The van der Waals surface area contributed by atoms with Gasteiger partial charge < -0.3 is 8.83 Å². The van der Waals surface area contributed by atoms with Gasteiger partial charge >= 0.3 is 0 Å². The topological polar surface area (TPSA) is 26.3 Å². The normalized spacial score (nSPS) is 12.4. The van der Waals surface area contributed by atoms with E-state index in [4.69, 9.17) is 8.83 Å². The van der Waals surface area contributed by atoms with Gasteiger partial charge in [0.05, 0.1) is 0 Å². The average Bonchev–Trinajstić information content (AvgIpc) is 2.98. The van der Waals surface area contributed by atoms with Crippen LogP contribution in [0.1, 0.15) is 50.7 Å². The maximum absolute atomic E-state index is 6.61. The van der Waals surface area contributed by atoms with E-state index < -0.39 is 0 Å². The molecule has 2 heteroatoms. The van der Waals surface area contributed by atoms with E-state index >= 15 is 0 Å². The standard InChI is InChI=1S/C38H30O2/c1-21(2)23-5-9-25(10-6-23)27-13-17-31-35-29(27)15-19-33-37(35)38-34(39-31)20-16-30-28(14-18-32(40-33)36(30)38)26-11-7-24(8-12-26)22(3)4/h5-22H,1-4H3. The van der Waals surface area contributed by atoms with Gasteiger partial charge in [-0.15, -0.1) is 0 Å². The van der Waals surface area contributed by atoms with E-state index in [9.17, 15) is 0 Å². The van der Waals surface area contributed by atoms with Gasteiger partial charge in [0.25, 0.3) is 0 Å². The summed E-state index contributed by atoms with van der Waals surface area (Å²) in [4.78, 5) is 0. The second-order valence-electron chi connectivity index (χ2n) is 11.7. The predicted octanol–water partition coefficient (Wildman–Crippen LogP) is 11.6. The zero-order chi connectivity index (χ0) is 27.1. The van der Waals surface area contributed by atoms with Crippen LogP contribution < -0.4 is 0 Å². The van der Waals surface area contributed by atoms with E-state index in [-0.39, 0.29) is 0 Å². The lowest BCUT2D eigenvalue weighted by atomic mass is 9.86. The lowest BCUT2D eigenvalue weighted by Gasteiger charge is -2.21. The third-order valence-corrected chi connectivity index (χ3v) is 8.68. The highest BCUT2D eigenvalue weighted by molar-refractivity contribution is 6.26. The van der Waals surface area contributed by atoms with Gasteiger partial charge in [0, 0.05) is 21.9 Å². The van der Waals surface area contributed by atoms with Crippen LogP contribution in [0.5, 0.6) is 0 Å². The molecule has 6 aromatic rings. The van der Waals surface area contributed by atoms with Gasteiger partial charge in [-0.1, -0.05) is 88.4 Å². The van der Waals surface area contributed by atoms with E-state index in [0.29, 0.717) is 11.8 Å². The number of benzene rings is 6. The lowest BCUT2D eigenvalue weighted by molar-refractivity contribution is 0.646. The van der Waals surface area contributed by atoms with Crippen LogP contribution in [0.2, 0.25) is 0 Å². The van der Waals surface area contributed by atoms with Crippen LogP contribution in [0.15, 0.2) is 106 Å². The molecule has 2 aliphatic heterocycles. The lowest BCUT2D eigenvalue weighted by Crippen LogP contribution is -1.96. The Morgan fingerprint density at radius 3 is 1.15 bits per heavy atom. The quantitative estimate of drug-likeness (QED) is 0.171. The first kappa shape index (κ1) is 23.3. The van der Waals surface area contributed by atoms with E-state index in [2.05, 4.69) is 125 Å². The van der Waals surface area contributed by atoms with Crippen molar-refractivity contribution >= 4 is 43.9 Å². The van der Waals surface area contributed by atoms with Crippen LogP contribution in [-0.2, 0) is 0 Å². The smallest absolute Gasteiger partial charge is 0.136 e. The van der Waals surface area contributed by atoms with Crippen molar-refractivity contribution in [3.63, 3.8) is 0 Å². The van der Waals surface area contributed by atoms with Crippen LogP contribution >= 0.6 is 0 Å². The summed E-state index contributed by atoms with van der Waals surface area (Å²) in [5.74, 6) is 1.02. The minimum absolute atomic E-state index is 0.508. The molecule has 0 spiro atoms. The van der Waals surface area contributed by atoms with Crippen LogP contribution in [0.25, 0.3) is 77.3 Å². The van der Waals surface area contributed by atoms with Crippen molar-refractivity contribution in [3.05, 3.63) is 108 Å². The Morgan fingerprint density at radius 1 is 0.400 bits per heavy atom. The maximum Gasteiger partial charge on any atom is 0.136 e. The van der Waals surface area contributed by atoms with Gasteiger partial charge in [-0.25, -0.2) is 0 Å². The van der Waals surface area contributed by atoms with Gasteiger partial charge in [-0.05, 0) is 92.4 Å². The Hall–Kier alpha value is -4.56. The maximum atomic E-state index is 6.61. The number of rotatable bonds is 4. The first-order valence-corrected chi connectivity index (χ1v) is 14.2. The molecule has 0 unspecified atom stereocenters. The Kier molecular flexibility index (Phi) is 4.94. The molecule has 8 rings (SSSR count). The molecular weight excluding hydrogens is 488 g/mol. The molecule has 0 aliphatic carbocycles. The summed E-state index contributed by atoms with van der Waals surface area (Å²) in [6, 6.07) is 35.2. The fraction of sp³-hybridized carbons (Fsp3) is 0.158. The SMILES string of the molecule is CC(C)c1ccc(-c2ccc3oc4ccc5c(-c6ccc(C(C)C)cc6)ccc6oc7ccc2c3c7-c4c65)cc1. The molecule has 0 saturated carbocycles. The summed E-state index contributed by atoms with van der Waals surface area (Å²) >= 11 is 0.